The molecule has 2 aliphatic carbocycles. The van der Waals surface area contributed by atoms with E-state index in [2.05, 4.69) is 302 Å². The van der Waals surface area contributed by atoms with Crippen molar-refractivity contribution in [2.45, 2.75) is 10.8 Å². The molecule has 14 aromatic carbocycles. The number of benzene rings is 14. The van der Waals surface area contributed by atoms with Gasteiger partial charge in [-0.1, -0.05) is 249 Å². The highest BCUT2D eigenvalue weighted by Crippen LogP contribution is 2.65. The van der Waals surface area contributed by atoms with E-state index in [0.717, 1.165) is 105 Å². The Morgan fingerprint density at radius 2 is 0.694 bits per heavy atom. The van der Waals surface area contributed by atoms with Gasteiger partial charge in [0, 0.05) is 49.7 Å². The highest BCUT2D eigenvalue weighted by Gasteiger charge is 2.52. The molecule has 0 amide bonds. The Morgan fingerprint density at radius 1 is 0.247 bits per heavy atom. The summed E-state index contributed by atoms with van der Waals surface area (Å²) in [5, 5.41) is 6.79. The molecule has 0 fully saturated rings. The van der Waals surface area contributed by atoms with Gasteiger partial charge in [-0.15, -0.1) is 0 Å². The normalized spacial score (nSPS) is 13.7. The van der Waals surface area contributed by atoms with Gasteiger partial charge in [-0.3, -0.25) is 0 Å². The molecule has 85 heavy (non-hydrogen) atoms. The van der Waals surface area contributed by atoms with Crippen molar-refractivity contribution in [3.05, 3.63) is 354 Å². The lowest BCUT2D eigenvalue weighted by molar-refractivity contribution is 0.447. The average molecular weight is 1080 g/mol. The number of nitrogens with zero attached hydrogens (tertiary/aromatic N) is 1. The van der Waals surface area contributed by atoms with Gasteiger partial charge < -0.3 is 14.1 Å². The molecule has 0 bridgehead atoms. The molecular formula is C82H51NO2. The highest BCUT2D eigenvalue weighted by molar-refractivity contribution is 6.06. The van der Waals surface area contributed by atoms with Crippen LogP contribution in [0, 0.1) is 0 Å². The zero-order chi connectivity index (χ0) is 55.8. The SMILES string of the molecule is c1ccc(C2(c3ccccc3)c3ccccc3-c3cc(N(c4ccc(-c5ccc6c(c5)C5(c7ccccc7-6)c6ccc7ccccc7c6Oc6c5ccc5ccccc65)cc4)c4ccc(-c5ccc6c(c5)oc5ccccc56)cc4)ccc32)cc1. The van der Waals surface area contributed by atoms with Crippen molar-refractivity contribution in [2.75, 3.05) is 4.90 Å². The standard InChI is InChI=1S/C82H51NO2/c1-3-19-58(20-4-1)81(59-21-5-2-6-22-59)71-28-14-12-26-66(71)70-51-62(43-48-73(70)81)83(61-41-33-53(34-42-61)57-36-45-69-68-27-13-16-30-77(68)84-78(69)50-57)60-39-31-52(32-40-60)56-35-44-67-65-25-11-15-29-72(65)82(76(67)49-56)74-46-37-54-17-7-9-23-63(54)79(74)85-80-64-24-10-8-18-55(64)38-47-75(80)82/h1-51H. The Balaban J connectivity index is 0.799. The van der Waals surface area contributed by atoms with E-state index >= 15 is 0 Å². The van der Waals surface area contributed by atoms with Gasteiger partial charge in [0.1, 0.15) is 22.7 Å². The van der Waals surface area contributed by atoms with Gasteiger partial charge in [0.25, 0.3) is 0 Å². The van der Waals surface area contributed by atoms with Crippen LogP contribution in [0.15, 0.2) is 314 Å². The molecule has 1 aromatic heterocycles. The second kappa shape index (κ2) is 18.2. The first-order valence-corrected chi connectivity index (χ1v) is 29.4. The van der Waals surface area contributed by atoms with Gasteiger partial charge in [0.15, 0.2) is 0 Å². The molecule has 0 atom stereocenters. The molecule has 0 unspecified atom stereocenters. The first-order chi connectivity index (χ1) is 42.1. The molecule has 2 heterocycles. The zero-order valence-corrected chi connectivity index (χ0v) is 46.2. The molecule has 0 N–H and O–H groups in total. The molecule has 0 radical (unpaired) electrons. The number of furan rings is 1. The lowest BCUT2D eigenvalue weighted by atomic mass is 9.65. The third-order valence-corrected chi connectivity index (χ3v) is 18.8. The molecule has 3 aliphatic rings. The maximum Gasteiger partial charge on any atom is 0.140 e. The smallest absolute Gasteiger partial charge is 0.140 e. The maximum absolute atomic E-state index is 7.28. The molecule has 3 nitrogen and oxygen atoms in total. The number of rotatable bonds is 7. The van der Waals surface area contributed by atoms with Gasteiger partial charge in [-0.25, -0.2) is 0 Å². The van der Waals surface area contributed by atoms with Crippen molar-refractivity contribution in [1.29, 1.82) is 0 Å². The summed E-state index contributed by atoms with van der Waals surface area (Å²) in [5.74, 6) is 1.83. The summed E-state index contributed by atoms with van der Waals surface area (Å²) in [4.78, 5) is 2.42. The predicted molar refractivity (Wildman–Crippen MR) is 349 cm³/mol. The lowest BCUT2D eigenvalue weighted by Gasteiger charge is -2.40. The van der Waals surface area contributed by atoms with Crippen LogP contribution in [0.5, 0.6) is 11.5 Å². The first-order valence-electron chi connectivity index (χ1n) is 29.4. The zero-order valence-electron chi connectivity index (χ0n) is 46.2. The highest BCUT2D eigenvalue weighted by atomic mass is 16.5. The molecule has 0 saturated heterocycles. The quantitative estimate of drug-likeness (QED) is 0.159. The molecule has 1 aliphatic heterocycles. The number of fused-ring (bicyclic) bond motifs is 19. The van der Waals surface area contributed by atoms with E-state index in [-0.39, 0.29) is 0 Å². The molecule has 396 valence electrons. The second-order valence-electron chi connectivity index (χ2n) is 23.0. The van der Waals surface area contributed by atoms with E-state index in [1.807, 2.05) is 12.1 Å². The van der Waals surface area contributed by atoms with Crippen LogP contribution in [-0.2, 0) is 10.8 Å². The van der Waals surface area contributed by atoms with Crippen molar-refractivity contribution >= 4 is 60.5 Å². The number of ether oxygens (including phenoxy) is 1. The third-order valence-electron chi connectivity index (χ3n) is 18.8. The molecule has 18 rings (SSSR count). The third kappa shape index (κ3) is 6.78. The van der Waals surface area contributed by atoms with Crippen molar-refractivity contribution in [2.24, 2.45) is 0 Å². The fourth-order valence-corrected chi connectivity index (χ4v) is 15.1. The van der Waals surface area contributed by atoms with Crippen LogP contribution >= 0.6 is 0 Å². The van der Waals surface area contributed by atoms with Crippen molar-refractivity contribution < 1.29 is 9.15 Å². The largest absolute Gasteiger partial charge is 0.456 e. The fourth-order valence-electron chi connectivity index (χ4n) is 15.1. The number of hydrogen-bond acceptors (Lipinski definition) is 3. The number of anilines is 3. The first kappa shape index (κ1) is 47.6. The summed E-state index contributed by atoms with van der Waals surface area (Å²) in [7, 11) is 0. The summed E-state index contributed by atoms with van der Waals surface area (Å²) < 4.78 is 13.7. The second-order valence-corrected chi connectivity index (χ2v) is 23.0. The topological polar surface area (TPSA) is 25.6 Å². The van der Waals surface area contributed by atoms with E-state index in [1.54, 1.807) is 0 Å². The van der Waals surface area contributed by atoms with E-state index < -0.39 is 10.8 Å². The minimum absolute atomic E-state index is 0.506. The Labute approximate surface area is 492 Å². The van der Waals surface area contributed by atoms with Crippen molar-refractivity contribution in [3.8, 4) is 56.0 Å². The van der Waals surface area contributed by atoms with E-state index in [4.69, 9.17) is 9.15 Å². The number of hydrogen-bond donors (Lipinski definition) is 0. The Hall–Kier alpha value is -11.0. The van der Waals surface area contributed by atoms with Crippen molar-refractivity contribution in [3.63, 3.8) is 0 Å². The molecular weight excluding hydrogens is 1030 g/mol. The Kier molecular flexibility index (Phi) is 10.2. The van der Waals surface area contributed by atoms with Gasteiger partial charge in [0.05, 0.1) is 10.8 Å². The summed E-state index contributed by atoms with van der Waals surface area (Å²) in [6, 6.07) is 114. The average Bonchev–Trinajstić information content (AvgIpc) is 1.70. The van der Waals surface area contributed by atoms with Crippen LogP contribution in [0.2, 0.25) is 0 Å². The maximum atomic E-state index is 7.28. The molecule has 0 saturated carbocycles. The van der Waals surface area contributed by atoms with E-state index in [1.165, 1.54) is 55.6 Å². The monoisotopic (exact) mass is 1080 g/mol. The Bertz CT molecular complexity index is 5090. The minimum atomic E-state index is -0.648. The minimum Gasteiger partial charge on any atom is -0.456 e. The van der Waals surface area contributed by atoms with Gasteiger partial charge in [0.2, 0.25) is 0 Å². The van der Waals surface area contributed by atoms with Crippen LogP contribution in [0.4, 0.5) is 17.1 Å². The Morgan fingerprint density at radius 3 is 1.33 bits per heavy atom. The van der Waals surface area contributed by atoms with E-state index in [0.29, 0.717) is 0 Å². The van der Waals surface area contributed by atoms with Crippen LogP contribution in [0.1, 0.15) is 44.5 Å². The van der Waals surface area contributed by atoms with Crippen LogP contribution < -0.4 is 9.64 Å². The summed E-state index contributed by atoms with van der Waals surface area (Å²) in [5.41, 5.74) is 23.2. The summed E-state index contributed by atoms with van der Waals surface area (Å²) in [6.07, 6.45) is 0. The fraction of sp³-hybridized carbons (Fsp3) is 0.0244. The van der Waals surface area contributed by atoms with E-state index in [9.17, 15) is 0 Å². The van der Waals surface area contributed by atoms with Gasteiger partial charge >= 0.3 is 0 Å². The van der Waals surface area contributed by atoms with Gasteiger partial charge in [-0.2, -0.15) is 0 Å². The van der Waals surface area contributed by atoms with Crippen LogP contribution in [0.3, 0.4) is 0 Å². The van der Waals surface area contributed by atoms with Crippen molar-refractivity contribution in [1.82, 2.24) is 0 Å². The summed E-state index contributed by atoms with van der Waals surface area (Å²) >= 11 is 0. The molecule has 3 heteroatoms. The van der Waals surface area contributed by atoms with Crippen LogP contribution in [-0.4, -0.2) is 0 Å². The van der Waals surface area contributed by atoms with Crippen LogP contribution in [0.25, 0.3) is 88.0 Å². The van der Waals surface area contributed by atoms with Gasteiger partial charge in [-0.05, 0) is 149 Å². The number of para-hydroxylation sites is 1. The lowest BCUT2D eigenvalue weighted by Crippen LogP contribution is -2.32. The summed E-state index contributed by atoms with van der Waals surface area (Å²) in [6.45, 7) is 0. The predicted octanol–water partition coefficient (Wildman–Crippen LogP) is 21.5. The molecule has 15 aromatic rings. The molecule has 1 spiro atoms.